The molecule has 2 N–H and O–H groups in total. The van der Waals surface area contributed by atoms with Crippen LogP contribution in [0.3, 0.4) is 0 Å². The van der Waals surface area contributed by atoms with Crippen molar-refractivity contribution in [3.05, 3.63) is 77.6 Å². The van der Waals surface area contributed by atoms with Gasteiger partial charge in [0.1, 0.15) is 5.82 Å². The van der Waals surface area contributed by atoms with E-state index in [9.17, 15) is 9.18 Å². The van der Waals surface area contributed by atoms with E-state index in [-0.39, 0.29) is 24.3 Å². The summed E-state index contributed by atoms with van der Waals surface area (Å²) in [7, 11) is 0. The number of benzene rings is 2. The number of carbonyl (C=O) groups excluding carboxylic acids is 1. The van der Waals surface area contributed by atoms with E-state index in [1.54, 1.807) is 18.5 Å². The van der Waals surface area contributed by atoms with Crippen LogP contribution in [0.5, 0.6) is 0 Å². The number of imidazole rings is 1. The molecule has 0 saturated carbocycles. The molecule has 5 nitrogen and oxygen atoms in total. The van der Waals surface area contributed by atoms with Gasteiger partial charge in [0.2, 0.25) is 5.91 Å². The molecule has 7 heteroatoms. The summed E-state index contributed by atoms with van der Waals surface area (Å²) in [6.45, 7) is 0.862. The third kappa shape index (κ3) is 3.89. The number of carbonyl (C=O) groups is 1. The van der Waals surface area contributed by atoms with E-state index >= 15 is 0 Å². The van der Waals surface area contributed by atoms with E-state index in [1.807, 2.05) is 29.2 Å². The first kappa shape index (κ1) is 17.8. The fourth-order valence-electron chi connectivity index (χ4n) is 3.51. The first-order chi connectivity index (χ1) is 13.1. The highest BCUT2D eigenvalue weighted by atomic mass is 32.1. The summed E-state index contributed by atoms with van der Waals surface area (Å²) in [5, 5.41) is 2.90. The highest BCUT2D eigenvalue weighted by Gasteiger charge is 2.32. The summed E-state index contributed by atoms with van der Waals surface area (Å²) >= 11 is 4.29. The molecule has 2 heterocycles. The summed E-state index contributed by atoms with van der Waals surface area (Å²) in [4.78, 5) is 23.0. The van der Waals surface area contributed by atoms with Crippen molar-refractivity contribution in [1.82, 2.24) is 14.9 Å². The van der Waals surface area contributed by atoms with Gasteiger partial charge in [-0.2, -0.15) is 0 Å². The van der Waals surface area contributed by atoms with Gasteiger partial charge in [-0.05, 0) is 35.9 Å². The predicted molar refractivity (Wildman–Crippen MR) is 104 cm³/mol. The van der Waals surface area contributed by atoms with Gasteiger partial charge in [-0.15, -0.1) is 12.6 Å². The molecule has 0 aliphatic carbocycles. The molecule has 0 saturated heterocycles. The van der Waals surface area contributed by atoms with E-state index in [1.165, 1.54) is 12.1 Å². The molecule has 1 aromatic heterocycles. The number of nitrogens with zero attached hydrogens (tertiary/aromatic N) is 2. The van der Waals surface area contributed by atoms with Crippen molar-refractivity contribution >= 4 is 24.2 Å². The number of aromatic nitrogens is 2. The van der Waals surface area contributed by atoms with Crippen LogP contribution in [-0.2, 0) is 11.2 Å². The average molecular weight is 382 g/mol. The van der Waals surface area contributed by atoms with Crippen LogP contribution < -0.4 is 5.32 Å². The number of amides is 1. The number of rotatable bonds is 4. The number of fused-ring (bicyclic) bond motifs is 1. The molecular weight excluding hydrogens is 363 g/mol. The Bertz CT molecular complexity index is 974. The van der Waals surface area contributed by atoms with Crippen molar-refractivity contribution < 1.29 is 9.18 Å². The topological polar surface area (TPSA) is 61.0 Å². The van der Waals surface area contributed by atoms with E-state index in [0.29, 0.717) is 12.2 Å². The third-order valence-corrected chi connectivity index (χ3v) is 4.94. The molecule has 1 unspecified atom stereocenters. The van der Waals surface area contributed by atoms with Crippen LogP contribution in [0.15, 0.2) is 59.8 Å². The molecule has 4 rings (SSSR count). The zero-order valence-corrected chi connectivity index (χ0v) is 15.4. The van der Waals surface area contributed by atoms with Crippen molar-refractivity contribution in [2.45, 2.75) is 17.4 Å². The highest BCUT2D eigenvalue weighted by molar-refractivity contribution is 7.80. The first-order valence-electron chi connectivity index (χ1n) is 8.71. The van der Waals surface area contributed by atoms with Crippen molar-refractivity contribution in [2.24, 2.45) is 0 Å². The fourth-order valence-corrected chi connectivity index (χ4v) is 3.73. The lowest BCUT2D eigenvalue weighted by Crippen LogP contribution is -2.41. The lowest BCUT2D eigenvalue weighted by molar-refractivity contribution is -0.117. The molecule has 1 atom stereocenters. The third-order valence-electron chi connectivity index (χ3n) is 4.67. The maximum Gasteiger partial charge on any atom is 0.238 e. The monoisotopic (exact) mass is 382 g/mol. The second-order valence-electron chi connectivity index (χ2n) is 6.54. The molecule has 27 heavy (non-hydrogen) atoms. The highest BCUT2D eigenvalue weighted by Crippen LogP contribution is 2.33. The molecule has 1 aliphatic heterocycles. The van der Waals surface area contributed by atoms with Crippen molar-refractivity contribution in [1.29, 1.82) is 0 Å². The number of hydrogen-bond donors (Lipinski definition) is 3. The normalized spacial score (nSPS) is 16.7. The Morgan fingerprint density at radius 3 is 2.96 bits per heavy atom. The standard InChI is InChI=1S/C20H19FN4OS/c21-14-4-1-3-13(9-14)20-19-17(22-12-23-19)7-8-25(20)11-18(26)24-15-5-2-6-16(27)10-15/h1-6,9-10,12,20,27H,7-8,11H2,(H,22,23)(H,24,26). The van der Waals surface area contributed by atoms with Gasteiger partial charge < -0.3 is 10.3 Å². The minimum absolute atomic E-state index is 0.130. The Morgan fingerprint density at radius 1 is 1.30 bits per heavy atom. The van der Waals surface area contributed by atoms with Crippen LogP contribution in [0.4, 0.5) is 10.1 Å². The summed E-state index contributed by atoms with van der Waals surface area (Å²) in [6.07, 6.45) is 2.42. The minimum Gasteiger partial charge on any atom is -0.348 e. The molecular formula is C20H19FN4OS. The van der Waals surface area contributed by atoms with Crippen LogP contribution in [0.25, 0.3) is 0 Å². The first-order valence-corrected chi connectivity index (χ1v) is 9.15. The van der Waals surface area contributed by atoms with Gasteiger partial charge >= 0.3 is 0 Å². The summed E-state index contributed by atoms with van der Waals surface area (Å²) in [6, 6.07) is 13.5. The van der Waals surface area contributed by atoms with E-state index < -0.39 is 0 Å². The van der Waals surface area contributed by atoms with Gasteiger partial charge in [0, 0.05) is 29.2 Å². The number of halogens is 1. The van der Waals surface area contributed by atoms with Crippen LogP contribution in [0.2, 0.25) is 0 Å². The molecule has 138 valence electrons. The van der Waals surface area contributed by atoms with Gasteiger partial charge in [0.25, 0.3) is 0 Å². The van der Waals surface area contributed by atoms with Gasteiger partial charge in [-0.3, -0.25) is 9.69 Å². The van der Waals surface area contributed by atoms with Crippen LogP contribution in [0, 0.1) is 5.82 Å². The van der Waals surface area contributed by atoms with Crippen molar-refractivity contribution in [3.63, 3.8) is 0 Å². The van der Waals surface area contributed by atoms with Crippen molar-refractivity contribution in [3.8, 4) is 0 Å². The SMILES string of the molecule is O=C(CN1CCc2[nH]cnc2C1c1cccc(F)c1)Nc1cccc(S)c1. The zero-order valence-electron chi connectivity index (χ0n) is 14.5. The number of H-pyrrole nitrogens is 1. The number of thiol groups is 1. The minimum atomic E-state index is -0.301. The molecule has 0 radical (unpaired) electrons. The molecule has 0 fully saturated rings. The quantitative estimate of drug-likeness (QED) is 0.606. The maximum atomic E-state index is 13.8. The Hall–Kier alpha value is -2.64. The van der Waals surface area contributed by atoms with Gasteiger partial charge in [0.15, 0.2) is 0 Å². The smallest absolute Gasteiger partial charge is 0.238 e. The molecule has 3 aromatic rings. The Balaban J connectivity index is 1.58. The molecule has 1 aliphatic rings. The fraction of sp³-hybridized carbons (Fsp3) is 0.200. The van der Waals surface area contributed by atoms with E-state index in [2.05, 4.69) is 27.9 Å². The molecule has 0 bridgehead atoms. The van der Waals surface area contributed by atoms with Gasteiger partial charge in [-0.25, -0.2) is 9.37 Å². The maximum absolute atomic E-state index is 13.8. The van der Waals surface area contributed by atoms with E-state index in [0.717, 1.165) is 28.3 Å². The number of anilines is 1. The largest absolute Gasteiger partial charge is 0.348 e. The average Bonchev–Trinajstić information content (AvgIpc) is 3.10. The summed E-state index contributed by atoms with van der Waals surface area (Å²) < 4.78 is 13.8. The zero-order chi connectivity index (χ0) is 18.8. The second-order valence-corrected chi connectivity index (χ2v) is 7.06. The Kier molecular flexibility index (Phi) is 4.96. The number of aromatic amines is 1. The molecule has 0 spiro atoms. The lowest BCUT2D eigenvalue weighted by Gasteiger charge is -2.34. The Labute approximate surface area is 162 Å². The number of nitrogens with one attached hydrogen (secondary N) is 2. The predicted octanol–water partition coefficient (Wildman–Crippen LogP) is 3.42. The summed E-state index contributed by atoms with van der Waals surface area (Å²) in [5.41, 5.74) is 3.36. The molecule has 1 amide bonds. The van der Waals surface area contributed by atoms with Gasteiger partial charge in [0.05, 0.1) is 24.6 Å². The number of hydrogen-bond acceptors (Lipinski definition) is 4. The Morgan fingerprint density at radius 2 is 2.15 bits per heavy atom. The van der Waals surface area contributed by atoms with Crippen molar-refractivity contribution in [2.75, 3.05) is 18.4 Å². The van der Waals surface area contributed by atoms with Crippen LogP contribution >= 0.6 is 12.6 Å². The second kappa shape index (κ2) is 7.54. The molecule has 2 aromatic carbocycles. The summed E-state index contributed by atoms with van der Waals surface area (Å²) in [5.74, 6) is -0.431. The lowest BCUT2D eigenvalue weighted by atomic mass is 9.95. The van der Waals surface area contributed by atoms with Crippen LogP contribution in [-0.4, -0.2) is 33.9 Å². The van der Waals surface area contributed by atoms with Gasteiger partial charge in [-0.1, -0.05) is 18.2 Å². The van der Waals surface area contributed by atoms with E-state index in [4.69, 9.17) is 0 Å². The van der Waals surface area contributed by atoms with Crippen LogP contribution in [0.1, 0.15) is 23.0 Å².